The molecule has 8 nitrogen and oxygen atoms in total. The molecule has 0 aliphatic heterocycles. The van der Waals surface area contributed by atoms with Crippen molar-refractivity contribution in [3.8, 4) is 22.8 Å². The zero-order valence-electron chi connectivity index (χ0n) is 18.7. The van der Waals surface area contributed by atoms with Gasteiger partial charge in [0.1, 0.15) is 10.6 Å². The van der Waals surface area contributed by atoms with Gasteiger partial charge in [0.15, 0.2) is 22.3 Å². The molecule has 0 saturated heterocycles. The van der Waals surface area contributed by atoms with Crippen LogP contribution in [0.2, 0.25) is 0 Å². The van der Waals surface area contributed by atoms with Crippen LogP contribution in [-0.2, 0) is 9.84 Å². The van der Waals surface area contributed by atoms with Crippen molar-refractivity contribution in [2.45, 2.75) is 42.7 Å². The number of alkyl halides is 5. The third-order valence-corrected chi connectivity index (χ3v) is 7.22. The lowest BCUT2D eigenvalue weighted by molar-refractivity contribution is -0.290. The number of hydrogen-bond donors (Lipinski definition) is 0. The number of hydrogen-bond acceptors (Lipinski definition) is 7. The molecular weight excluding hydrogens is 511 g/mol. The van der Waals surface area contributed by atoms with E-state index in [1.807, 2.05) is 6.07 Å². The summed E-state index contributed by atoms with van der Waals surface area (Å²) in [5.41, 5.74) is 0.856. The van der Waals surface area contributed by atoms with Gasteiger partial charge in [-0.3, -0.25) is 9.78 Å². The second-order valence-corrected chi connectivity index (χ2v) is 10.4. The first-order valence-corrected chi connectivity index (χ1v) is 12.3. The highest BCUT2D eigenvalue weighted by atomic mass is 32.2. The molecule has 1 aliphatic carbocycles. The maximum absolute atomic E-state index is 13.1. The Balaban J connectivity index is 1.68. The van der Waals surface area contributed by atoms with E-state index in [1.54, 1.807) is 12.3 Å². The highest BCUT2D eigenvalue weighted by Crippen LogP contribution is 2.40. The number of rotatable bonds is 8. The molecule has 0 amide bonds. The molecule has 0 atom stereocenters. The number of ether oxygens (including phenoxy) is 1. The molecule has 1 saturated carbocycles. The van der Waals surface area contributed by atoms with Gasteiger partial charge in [-0.25, -0.2) is 13.4 Å². The number of aromatic nitrogens is 4. The van der Waals surface area contributed by atoms with E-state index in [4.69, 9.17) is 0 Å². The Hall–Kier alpha value is -3.42. The van der Waals surface area contributed by atoms with Gasteiger partial charge in [0.25, 0.3) is 5.56 Å². The first-order chi connectivity index (χ1) is 16.8. The van der Waals surface area contributed by atoms with Crippen molar-refractivity contribution >= 4 is 9.84 Å². The second kappa shape index (κ2) is 9.22. The fourth-order valence-corrected chi connectivity index (χ4v) is 4.28. The lowest BCUT2D eigenvalue weighted by Crippen LogP contribution is -2.41. The minimum Gasteiger partial charge on any atom is -0.485 e. The van der Waals surface area contributed by atoms with Crippen LogP contribution in [0.1, 0.15) is 31.2 Å². The third-order valence-electron chi connectivity index (χ3n) is 5.49. The standard InChI is InChI=1S/C22H19F5N4O4S/c1-2-36(33,34)18-7-15(17-6-5-14(9-28-17)13-3-4-13)10-29-20(18)31-19(32)8-16(11-30-31)35-12-21(23,24)22(25,26)27/h5-11,13H,2-4,12H2,1H3. The second-order valence-electron chi connectivity index (χ2n) is 8.13. The van der Waals surface area contributed by atoms with E-state index < -0.39 is 39.9 Å². The van der Waals surface area contributed by atoms with Crippen molar-refractivity contribution in [2.24, 2.45) is 0 Å². The Labute approximate surface area is 201 Å². The average Bonchev–Trinajstić information content (AvgIpc) is 3.68. The minimum absolute atomic E-state index is 0.331. The third kappa shape index (κ3) is 5.22. The summed E-state index contributed by atoms with van der Waals surface area (Å²) in [6.45, 7) is -0.668. The molecule has 192 valence electrons. The predicted octanol–water partition coefficient (Wildman–Crippen LogP) is 3.94. The molecule has 3 aromatic heterocycles. The number of nitrogens with zero attached hydrogens (tertiary/aromatic N) is 4. The molecule has 36 heavy (non-hydrogen) atoms. The summed E-state index contributed by atoms with van der Waals surface area (Å²) in [4.78, 5) is 20.7. The summed E-state index contributed by atoms with van der Waals surface area (Å²) in [5.74, 6) is -6.02. The first kappa shape index (κ1) is 25.7. The van der Waals surface area contributed by atoms with Crippen molar-refractivity contribution in [3.05, 3.63) is 58.8 Å². The summed E-state index contributed by atoms with van der Waals surface area (Å²) in [5, 5.41) is 3.67. The van der Waals surface area contributed by atoms with Crippen LogP contribution in [0.15, 0.2) is 52.5 Å². The van der Waals surface area contributed by atoms with Crippen molar-refractivity contribution in [1.29, 1.82) is 0 Å². The van der Waals surface area contributed by atoms with E-state index in [-0.39, 0.29) is 16.5 Å². The first-order valence-electron chi connectivity index (χ1n) is 10.7. The van der Waals surface area contributed by atoms with Crippen molar-refractivity contribution in [2.75, 3.05) is 12.4 Å². The fourth-order valence-electron chi connectivity index (χ4n) is 3.24. The van der Waals surface area contributed by atoms with E-state index in [0.717, 1.165) is 18.4 Å². The summed E-state index contributed by atoms with van der Waals surface area (Å²) < 4.78 is 93.7. The predicted molar refractivity (Wildman–Crippen MR) is 117 cm³/mol. The molecule has 0 radical (unpaired) electrons. The largest absolute Gasteiger partial charge is 0.485 e. The van der Waals surface area contributed by atoms with Crippen LogP contribution in [0.25, 0.3) is 17.1 Å². The van der Waals surface area contributed by atoms with Crippen LogP contribution in [0.4, 0.5) is 22.0 Å². The van der Waals surface area contributed by atoms with Crippen LogP contribution in [0.3, 0.4) is 0 Å². The Kier molecular flexibility index (Phi) is 6.58. The van der Waals surface area contributed by atoms with Crippen LogP contribution in [0.5, 0.6) is 5.75 Å². The Morgan fingerprint density at radius 1 is 1.06 bits per heavy atom. The van der Waals surface area contributed by atoms with E-state index >= 15 is 0 Å². The van der Waals surface area contributed by atoms with E-state index in [2.05, 4.69) is 19.8 Å². The van der Waals surface area contributed by atoms with Gasteiger partial charge in [-0.15, -0.1) is 0 Å². The summed E-state index contributed by atoms with van der Waals surface area (Å²) >= 11 is 0. The van der Waals surface area contributed by atoms with Crippen molar-refractivity contribution in [3.63, 3.8) is 0 Å². The zero-order valence-corrected chi connectivity index (χ0v) is 19.5. The lowest BCUT2D eigenvalue weighted by atomic mass is 10.1. The van der Waals surface area contributed by atoms with Gasteiger partial charge in [0.05, 0.1) is 17.6 Å². The minimum atomic E-state index is -5.84. The SMILES string of the molecule is CCS(=O)(=O)c1cc(-c2ccc(C3CC3)cn2)cnc1-n1ncc(OCC(F)(F)C(F)(F)F)cc1=O. The maximum Gasteiger partial charge on any atom is 0.456 e. The van der Waals surface area contributed by atoms with E-state index in [0.29, 0.717) is 34.1 Å². The Bertz CT molecular complexity index is 1440. The molecule has 0 N–H and O–H groups in total. The van der Waals surface area contributed by atoms with E-state index in [1.165, 1.54) is 19.2 Å². The van der Waals surface area contributed by atoms with Gasteiger partial charge in [-0.05, 0) is 36.5 Å². The molecule has 14 heteroatoms. The highest BCUT2D eigenvalue weighted by Gasteiger charge is 2.58. The summed E-state index contributed by atoms with van der Waals surface area (Å²) in [6.07, 6.45) is 0.0636. The van der Waals surface area contributed by atoms with Crippen molar-refractivity contribution in [1.82, 2.24) is 19.7 Å². The van der Waals surface area contributed by atoms with Gasteiger partial charge in [0.2, 0.25) is 0 Å². The molecule has 0 spiro atoms. The molecular formula is C22H19F5N4O4S. The maximum atomic E-state index is 13.1. The summed E-state index contributed by atoms with van der Waals surface area (Å²) in [6, 6.07) is 5.53. The molecule has 1 aliphatic rings. The van der Waals surface area contributed by atoms with Gasteiger partial charge < -0.3 is 4.74 Å². The summed E-state index contributed by atoms with van der Waals surface area (Å²) in [7, 11) is -3.94. The average molecular weight is 530 g/mol. The number of halogens is 5. The van der Waals surface area contributed by atoms with Crippen LogP contribution >= 0.6 is 0 Å². The number of pyridine rings is 2. The molecule has 3 heterocycles. The molecule has 0 aromatic carbocycles. The molecule has 1 fully saturated rings. The van der Waals surface area contributed by atoms with Gasteiger partial charge in [-0.1, -0.05) is 13.0 Å². The number of sulfone groups is 1. The topological polar surface area (TPSA) is 104 Å². The van der Waals surface area contributed by atoms with Crippen LogP contribution in [0, 0.1) is 0 Å². The molecule has 0 bridgehead atoms. The Morgan fingerprint density at radius 3 is 2.33 bits per heavy atom. The van der Waals surface area contributed by atoms with Crippen molar-refractivity contribution < 1.29 is 35.1 Å². The molecule has 0 unspecified atom stereocenters. The smallest absolute Gasteiger partial charge is 0.456 e. The fraction of sp³-hybridized carbons (Fsp3) is 0.364. The van der Waals surface area contributed by atoms with Gasteiger partial charge >= 0.3 is 12.1 Å². The zero-order chi connectivity index (χ0) is 26.3. The van der Waals surface area contributed by atoms with Crippen LogP contribution < -0.4 is 10.3 Å². The molecule has 3 aromatic rings. The lowest BCUT2D eigenvalue weighted by Gasteiger charge is -2.19. The highest BCUT2D eigenvalue weighted by molar-refractivity contribution is 7.91. The van der Waals surface area contributed by atoms with E-state index in [9.17, 15) is 35.2 Å². The van der Waals surface area contributed by atoms with Crippen LogP contribution in [-0.4, -0.2) is 52.6 Å². The molecule has 4 rings (SSSR count). The van der Waals surface area contributed by atoms with Gasteiger partial charge in [-0.2, -0.15) is 31.7 Å². The Morgan fingerprint density at radius 2 is 1.78 bits per heavy atom. The normalized spacial score (nSPS) is 14.6. The monoisotopic (exact) mass is 530 g/mol. The quantitative estimate of drug-likeness (QED) is 0.407. The van der Waals surface area contributed by atoms with Gasteiger partial charge in [0, 0.05) is 24.0 Å².